The van der Waals surface area contributed by atoms with E-state index in [0.717, 1.165) is 16.7 Å². The molecule has 0 bridgehead atoms. The molecule has 1 atom stereocenters. The molecule has 9 heteroatoms. The summed E-state index contributed by atoms with van der Waals surface area (Å²) in [5.41, 5.74) is 0.650. The zero-order valence-corrected chi connectivity index (χ0v) is 17.1. The number of nitrogens with zero attached hydrogens (tertiary/aromatic N) is 1. The van der Waals surface area contributed by atoms with Gasteiger partial charge in [-0.3, -0.25) is 14.5 Å². The van der Waals surface area contributed by atoms with Crippen LogP contribution in [0.15, 0.2) is 21.5 Å². The van der Waals surface area contributed by atoms with Crippen LogP contribution in [-0.4, -0.2) is 48.9 Å². The summed E-state index contributed by atoms with van der Waals surface area (Å²) in [5.74, 6) is -0.142. The van der Waals surface area contributed by atoms with E-state index in [1.54, 1.807) is 18.2 Å². The van der Waals surface area contributed by atoms with Gasteiger partial charge in [0.25, 0.3) is 11.1 Å². The van der Waals surface area contributed by atoms with Gasteiger partial charge in [0.05, 0.1) is 30.2 Å². The molecule has 140 valence electrons. The van der Waals surface area contributed by atoms with Gasteiger partial charge >= 0.3 is 5.97 Å². The number of methoxy groups -OCH3 is 2. The number of benzene rings is 1. The molecule has 1 aliphatic heterocycles. The molecule has 0 spiro atoms. The molecule has 0 saturated carbocycles. The topological polar surface area (TPSA) is 82.1 Å². The van der Waals surface area contributed by atoms with Crippen LogP contribution in [0, 0.1) is 0 Å². The number of imide groups is 1. The molecule has 1 fully saturated rings. The minimum atomic E-state index is -0.986. The first-order valence-electron chi connectivity index (χ1n) is 7.69. The zero-order valence-electron chi connectivity index (χ0n) is 14.7. The number of amides is 2. The van der Waals surface area contributed by atoms with Crippen LogP contribution < -0.4 is 9.47 Å². The molecular formula is C17H18BrNO6S. The molecule has 1 heterocycles. The van der Waals surface area contributed by atoms with Gasteiger partial charge in [0.2, 0.25) is 0 Å². The van der Waals surface area contributed by atoms with Crippen molar-refractivity contribution < 1.29 is 28.6 Å². The monoisotopic (exact) mass is 443 g/mol. The normalized spacial score (nSPS) is 16.8. The maximum absolute atomic E-state index is 12.5. The van der Waals surface area contributed by atoms with Crippen LogP contribution in [0.4, 0.5) is 4.79 Å². The molecule has 0 radical (unpaired) electrons. The van der Waals surface area contributed by atoms with Gasteiger partial charge in [-0.1, -0.05) is 0 Å². The molecule has 0 aromatic heterocycles. The van der Waals surface area contributed by atoms with Crippen LogP contribution >= 0.6 is 27.7 Å². The second-order valence-corrected chi connectivity index (χ2v) is 7.07. The second-order valence-electron chi connectivity index (χ2n) is 5.22. The summed E-state index contributed by atoms with van der Waals surface area (Å²) in [6.07, 6.45) is 1.57. The Hall–Kier alpha value is -2.00. The van der Waals surface area contributed by atoms with Crippen molar-refractivity contribution in [3.05, 3.63) is 27.1 Å². The number of rotatable bonds is 6. The van der Waals surface area contributed by atoms with Crippen LogP contribution in [0.2, 0.25) is 0 Å². The van der Waals surface area contributed by atoms with Crippen LogP contribution in [0.5, 0.6) is 11.5 Å². The minimum Gasteiger partial charge on any atom is -0.492 e. The van der Waals surface area contributed by atoms with Crippen LogP contribution in [-0.2, 0) is 14.3 Å². The Bertz CT molecular complexity index is 779. The van der Waals surface area contributed by atoms with Crippen LogP contribution in [0.1, 0.15) is 19.4 Å². The lowest BCUT2D eigenvalue weighted by Gasteiger charge is -2.18. The van der Waals surface area contributed by atoms with Crippen molar-refractivity contribution in [3.8, 4) is 11.5 Å². The molecule has 0 unspecified atom stereocenters. The molecule has 1 aliphatic rings. The average Bonchev–Trinajstić information content (AvgIpc) is 2.87. The third-order valence-electron chi connectivity index (χ3n) is 3.59. The van der Waals surface area contributed by atoms with Gasteiger partial charge in [0, 0.05) is 0 Å². The van der Waals surface area contributed by atoms with E-state index < -0.39 is 23.2 Å². The number of ether oxygens (including phenoxy) is 3. The fourth-order valence-electron chi connectivity index (χ4n) is 2.37. The Labute approximate surface area is 163 Å². The van der Waals surface area contributed by atoms with Crippen molar-refractivity contribution in [1.29, 1.82) is 0 Å². The summed E-state index contributed by atoms with van der Waals surface area (Å²) in [7, 11) is 2.74. The Balaban J connectivity index is 2.37. The van der Waals surface area contributed by atoms with E-state index >= 15 is 0 Å². The van der Waals surface area contributed by atoms with Crippen LogP contribution in [0.3, 0.4) is 0 Å². The van der Waals surface area contributed by atoms with Gasteiger partial charge < -0.3 is 14.2 Å². The predicted molar refractivity (Wildman–Crippen MR) is 101 cm³/mol. The zero-order chi connectivity index (χ0) is 19.4. The number of esters is 1. The highest BCUT2D eigenvalue weighted by Gasteiger charge is 2.41. The van der Waals surface area contributed by atoms with E-state index in [2.05, 4.69) is 20.7 Å². The van der Waals surface area contributed by atoms with Crippen molar-refractivity contribution in [2.75, 3.05) is 20.8 Å². The molecular weight excluding hydrogens is 426 g/mol. The Morgan fingerprint density at radius 1 is 1.35 bits per heavy atom. The number of thioether (sulfide) groups is 1. The fourth-order valence-corrected chi connectivity index (χ4v) is 3.90. The summed E-state index contributed by atoms with van der Waals surface area (Å²) in [5, 5.41) is -0.517. The van der Waals surface area contributed by atoms with E-state index in [1.807, 2.05) is 6.92 Å². The SMILES string of the molecule is CCOc1cc(/C=C2/SC(=O)N([C@H](C)C(=O)OC)C2=O)cc(Br)c1OC. The predicted octanol–water partition coefficient (Wildman–Crippen LogP) is 3.45. The Morgan fingerprint density at radius 3 is 2.62 bits per heavy atom. The minimum absolute atomic E-state index is 0.213. The van der Waals surface area contributed by atoms with Gasteiger partial charge in [-0.15, -0.1) is 0 Å². The first-order chi connectivity index (χ1) is 12.3. The summed E-state index contributed by atoms with van der Waals surface area (Å²) in [6.45, 7) is 3.74. The Kier molecular flexibility index (Phi) is 6.71. The van der Waals surface area contributed by atoms with Gasteiger partial charge in [0.15, 0.2) is 11.5 Å². The molecule has 0 aliphatic carbocycles. The lowest BCUT2D eigenvalue weighted by atomic mass is 10.1. The highest BCUT2D eigenvalue weighted by molar-refractivity contribution is 9.10. The summed E-state index contributed by atoms with van der Waals surface area (Å²) < 4.78 is 16.1. The van der Waals surface area contributed by atoms with Gasteiger partial charge in [0.1, 0.15) is 6.04 Å². The third-order valence-corrected chi connectivity index (χ3v) is 5.06. The smallest absolute Gasteiger partial charge is 0.328 e. The lowest BCUT2D eigenvalue weighted by molar-refractivity contribution is -0.148. The maximum atomic E-state index is 12.5. The highest BCUT2D eigenvalue weighted by Crippen LogP contribution is 2.39. The largest absolute Gasteiger partial charge is 0.492 e. The van der Waals surface area contributed by atoms with E-state index in [4.69, 9.17) is 9.47 Å². The van der Waals surface area contributed by atoms with Gasteiger partial charge in [-0.2, -0.15) is 0 Å². The summed E-state index contributed by atoms with van der Waals surface area (Å²) >= 11 is 4.17. The molecule has 26 heavy (non-hydrogen) atoms. The number of halogens is 1. The quantitative estimate of drug-likeness (QED) is 0.491. The van der Waals surface area contributed by atoms with Gasteiger partial charge in [-0.25, -0.2) is 4.79 Å². The fraction of sp³-hybridized carbons (Fsp3) is 0.353. The van der Waals surface area contributed by atoms with Gasteiger partial charge in [-0.05, 0) is 65.3 Å². The molecule has 7 nitrogen and oxygen atoms in total. The molecule has 1 aromatic carbocycles. The van der Waals surface area contributed by atoms with Crippen molar-refractivity contribution in [3.63, 3.8) is 0 Å². The lowest BCUT2D eigenvalue weighted by Crippen LogP contribution is -2.42. The van der Waals surface area contributed by atoms with E-state index in [9.17, 15) is 14.4 Å². The number of carbonyl (C=O) groups is 3. The number of hydrogen-bond donors (Lipinski definition) is 0. The number of hydrogen-bond acceptors (Lipinski definition) is 7. The Morgan fingerprint density at radius 2 is 2.04 bits per heavy atom. The van der Waals surface area contributed by atoms with Crippen molar-refractivity contribution in [2.24, 2.45) is 0 Å². The molecule has 1 aromatic rings. The van der Waals surface area contributed by atoms with Crippen molar-refractivity contribution >= 4 is 50.9 Å². The standard InChI is InChI=1S/C17H18BrNO6S/c1-5-25-12-7-10(6-11(18)14(12)23-3)8-13-15(20)19(17(22)26-13)9(2)16(21)24-4/h6-9H,5H2,1-4H3/b13-8+/t9-/m1/s1. The van der Waals surface area contributed by atoms with E-state index in [0.29, 0.717) is 28.1 Å². The maximum Gasteiger partial charge on any atom is 0.328 e. The molecule has 2 rings (SSSR count). The third kappa shape index (κ3) is 4.04. The van der Waals surface area contributed by atoms with E-state index in [-0.39, 0.29) is 4.91 Å². The van der Waals surface area contributed by atoms with Crippen molar-refractivity contribution in [2.45, 2.75) is 19.9 Å². The summed E-state index contributed by atoms with van der Waals surface area (Å²) in [6, 6.07) is 2.48. The second kappa shape index (κ2) is 8.59. The van der Waals surface area contributed by atoms with Crippen molar-refractivity contribution in [1.82, 2.24) is 4.90 Å². The highest BCUT2D eigenvalue weighted by atomic mass is 79.9. The first-order valence-corrected chi connectivity index (χ1v) is 9.30. The van der Waals surface area contributed by atoms with Crippen LogP contribution in [0.25, 0.3) is 6.08 Å². The van der Waals surface area contributed by atoms with E-state index in [1.165, 1.54) is 21.1 Å². The average molecular weight is 444 g/mol. The molecule has 2 amide bonds. The summed E-state index contributed by atoms with van der Waals surface area (Å²) in [4.78, 5) is 37.5. The molecule has 0 N–H and O–H groups in total. The number of carbonyl (C=O) groups excluding carboxylic acids is 3. The molecule has 1 saturated heterocycles. The first kappa shape index (κ1) is 20.3.